The summed E-state index contributed by atoms with van der Waals surface area (Å²) in [6.07, 6.45) is -9.67. The molecule has 4 aliphatic rings. The van der Waals surface area contributed by atoms with Crippen LogP contribution >= 0.6 is 0 Å². The number of ether oxygens (including phenoxy) is 4. The summed E-state index contributed by atoms with van der Waals surface area (Å²) in [6, 6.07) is 27.2. The molecule has 7 rings (SSSR count). The summed E-state index contributed by atoms with van der Waals surface area (Å²) in [6.45, 7) is 24.4. The van der Waals surface area contributed by atoms with Crippen molar-refractivity contribution < 1.29 is 62.3 Å². The van der Waals surface area contributed by atoms with Gasteiger partial charge in [0.2, 0.25) is 0 Å². The average Bonchev–Trinajstić information content (AvgIpc) is 3.35. The molecule has 73 heavy (non-hydrogen) atoms. The van der Waals surface area contributed by atoms with Gasteiger partial charge in [0.25, 0.3) is 5.91 Å². The number of carbonyl (C=O) groups is 4. The Morgan fingerprint density at radius 1 is 0.836 bits per heavy atom. The minimum Gasteiger partial charge on any atom is -0.456 e. The fourth-order valence-electron chi connectivity index (χ4n) is 12.2. The number of amides is 1. The van der Waals surface area contributed by atoms with Crippen LogP contribution in [-0.4, -0.2) is 116 Å². The van der Waals surface area contributed by atoms with Crippen LogP contribution in [0.25, 0.3) is 0 Å². The zero-order valence-electron chi connectivity index (χ0n) is 45.0. The van der Waals surface area contributed by atoms with Gasteiger partial charge < -0.3 is 48.4 Å². The van der Waals surface area contributed by atoms with Gasteiger partial charge in [0.05, 0.1) is 36.3 Å². The lowest BCUT2D eigenvalue weighted by molar-refractivity contribution is -0.363. The number of aliphatic hydroxyl groups is 3. The van der Waals surface area contributed by atoms with Gasteiger partial charge in [-0.15, -0.1) is 0 Å². The molecule has 1 aliphatic heterocycles. The van der Waals surface area contributed by atoms with Gasteiger partial charge in [-0.3, -0.25) is 9.59 Å². The van der Waals surface area contributed by atoms with Crippen LogP contribution in [0.2, 0.25) is 36.3 Å². The van der Waals surface area contributed by atoms with Crippen molar-refractivity contribution in [3.8, 4) is 0 Å². The van der Waals surface area contributed by atoms with Crippen molar-refractivity contribution in [3.05, 3.63) is 119 Å². The van der Waals surface area contributed by atoms with Gasteiger partial charge in [-0.1, -0.05) is 129 Å². The molecule has 4 N–H and O–H groups in total. The predicted molar refractivity (Wildman–Crippen MR) is 281 cm³/mol. The summed E-state index contributed by atoms with van der Waals surface area (Å²) < 4.78 is 40.6. The predicted octanol–water partition coefficient (Wildman–Crippen LogP) is 9.02. The Bertz CT molecular complexity index is 2500. The average molecular weight is 1040 g/mol. The number of hydrogen-bond acceptors (Lipinski definition) is 13. The fraction of sp³-hybridized carbons (Fsp3) is 0.579. The van der Waals surface area contributed by atoms with Crippen molar-refractivity contribution in [1.29, 1.82) is 0 Å². The summed E-state index contributed by atoms with van der Waals surface area (Å²) in [4.78, 5) is 58.0. The van der Waals surface area contributed by atoms with Crippen LogP contribution in [0.15, 0.2) is 102 Å². The molecule has 12 atom stereocenters. The Balaban J connectivity index is 1.44. The topological polar surface area (TPSA) is 196 Å². The number of aliphatic hydroxyl groups excluding tert-OH is 2. The van der Waals surface area contributed by atoms with Crippen molar-refractivity contribution in [1.82, 2.24) is 5.32 Å². The Morgan fingerprint density at radius 2 is 1.38 bits per heavy atom. The monoisotopic (exact) mass is 1040 g/mol. The van der Waals surface area contributed by atoms with E-state index in [1.807, 2.05) is 39.9 Å². The molecule has 1 amide bonds. The Morgan fingerprint density at radius 3 is 1.89 bits per heavy atom. The third kappa shape index (κ3) is 9.95. The first-order valence-corrected chi connectivity index (χ1v) is 31.5. The summed E-state index contributed by atoms with van der Waals surface area (Å²) >= 11 is 0. The Labute approximate surface area is 433 Å². The molecule has 0 radical (unpaired) electrons. The molecule has 3 aliphatic carbocycles. The van der Waals surface area contributed by atoms with Gasteiger partial charge in [-0.05, 0) is 84.2 Å². The maximum absolute atomic E-state index is 15.6. The van der Waals surface area contributed by atoms with Crippen LogP contribution in [-0.2, 0) is 37.4 Å². The molecule has 3 aromatic rings. The molecule has 14 nitrogen and oxygen atoms in total. The largest absolute Gasteiger partial charge is 0.456 e. The van der Waals surface area contributed by atoms with E-state index in [9.17, 15) is 29.7 Å². The number of esters is 3. The van der Waals surface area contributed by atoms with E-state index in [0.717, 1.165) is 18.1 Å². The van der Waals surface area contributed by atoms with E-state index in [1.54, 1.807) is 113 Å². The highest BCUT2D eigenvalue weighted by Gasteiger charge is 2.78. The molecule has 2 saturated carbocycles. The lowest BCUT2D eigenvalue weighted by atomic mass is 9.44. The maximum atomic E-state index is 15.6. The van der Waals surface area contributed by atoms with Crippen molar-refractivity contribution in [2.24, 2.45) is 16.7 Å². The molecule has 2 bridgehead atoms. The Kier molecular flexibility index (Phi) is 16.1. The van der Waals surface area contributed by atoms with E-state index in [0.29, 0.717) is 16.7 Å². The van der Waals surface area contributed by atoms with Crippen LogP contribution in [0.3, 0.4) is 0 Å². The molecular formula is C57H79NO13Si2. The van der Waals surface area contributed by atoms with E-state index >= 15 is 4.79 Å². The molecule has 1 saturated heterocycles. The van der Waals surface area contributed by atoms with Gasteiger partial charge in [0.1, 0.15) is 30.0 Å². The molecule has 1 heterocycles. The normalized spacial score (nSPS) is 30.7. The van der Waals surface area contributed by atoms with E-state index < -0.39 is 122 Å². The third-order valence-electron chi connectivity index (χ3n) is 17.9. The van der Waals surface area contributed by atoms with E-state index in [2.05, 4.69) is 26.1 Å². The van der Waals surface area contributed by atoms with Gasteiger partial charge in [0, 0.05) is 36.2 Å². The highest BCUT2D eigenvalue weighted by Crippen LogP contribution is 2.66. The highest BCUT2D eigenvalue weighted by molar-refractivity contribution is 6.74. The van der Waals surface area contributed by atoms with Crippen molar-refractivity contribution in [2.75, 3.05) is 6.61 Å². The molecule has 0 spiro atoms. The highest BCUT2D eigenvalue weighted by atomic mass is 28.4. The summed E-state index contributed by atoms with van der Waals surface area (Å²) in [5, 5.41) is 43.4. The molecule has 3 aromatic carbocycles. The fourth-order valence-corrected chi connectivity index (χ4v) is 16.4. The second kappa shape index (κ2) is 20.9. The number of hydrogen-bond donors (Lipinski definition) is 4. The third-order valence-corrected chi connectivity index (χ3v) is 27.1. The summed E-state index contributed by atoms with van der Waals surface area (Å²) in [5.41, 5.74) is -5.29. The second-order valence-electron chi connectivity index (χ2n) is 23.2. The quantitative estimate of drug-likeness (QED) is 0.0460. The van der Waals surface area contributed by atoms with Crippen molar-refractivity contribution in [2.45, 2.75) is 185 Å². The molecule has 2 unspecified atom stereocenters. The molecule has 16 heteroatoms. The number of benzene rings is 3. The number of nitrogens with one attached hydrogen (secondary N) is 1. The van der Waals surface area contributed by atoms with E-state index in [-0.39, 0.29) is 30.6 Å². The maximum Gasteiger partial charge on any atom is 0.338 e. The number of carbonyl (C=O) groups excluding carboxylic acids is 4. The van der Waals surface area contributed by atoms with Crippen LogP contribution in [0.1, 0.15) is 121 Å². The molecule has 398 valence electrons. The van der Waals surface area contributed by atoms with Gasteiger partial charge in [-0.2, -0.15) is 0 Å². The standard InChI is InChI=1S/C57H79NO13Si2/c1-14-73(15-2,16-3)70-41-32-42-56(34-66-42,69-36(5)59)47-49(68-51(63)39-30-24-19-25-31-39)57(65)33-40(35(4)43(54(57,9)10)45(60)48(61)55(41,47)11)67-52(64)46(71-72(12,13)53(6,7)8)44(37-26-20-17-21-27-37)58-50(62)38-28-22-18-23-29-38/h17-31,40-42,44-49,60-61,65H,14-16,32-34H2,1-13H3,(H,58,62)/t40?,41?,42-,44+,45+,46-,47+,48+,49+,55-,56+,57-/m1/s1. The van der Waals surface area contributed by atoms with Crippen LogP contribution in [0, 0.1) is 16.7 Å². The second-order valence-corrected chi connectivity index (χ2v) is 32.6. The first kappa shape index (κ1) is 56.2. The van der Waals surface area contributed by atoms with Crippen LogP contribution in [0.5, 0.6) is 0 Å². The smallest absolute Gasteiger partial charge is 0.338 e. The number of rotatable bonds is 16. The van der Waals surface area contributed by atoms with Gasteiger partial charge in [-0.25, -0.2) is 9.59 Å². The lowest BCUT2D eigenvalue weighted by Crippen LogP contribution is -2.82. The SMILES string of the molecule is CC[Si](CC)(CC)OC1C[C@H]2OC[C@@]2(OC(C)=O)[C@H]2[C@H](OC(=O)c3ccccc3)[C@]3(O)CC(OC(=O)[C@H](O[Si](C)(C)C(C)(C)C)[C@@H](NC(=O)c4ccccc4)c4ccccc4)C(C)=C([C@H](O)[C@H](O)[C@]12C)C3(C)C. The first-order chi connectivity index (χ1) is 34.2. The van der Waals surface area contributed by atoms with Gasteiger partial charge in [0.15, 0.2) is 28.3 Å². The van der Waals surface area contributed by atoms with Crippen LogP contribution < -0.4 is 5.32 Å². The van der Waals surface area contributed by atoms with E-state index in [1.165, 1.54) is 6.92 Å². The summed E-state index contributed by atoms with van der Waals surface area (Å²) in [5.74, 6) is -4.04. The minimum absolute atomic E-state index is 0.164. The number of fused-ring (bicyclic) bond motifs is 5. The van der Waals surface area contributed by atoms with E-state index in [4.69, 9.17) is 27.8 Å². The van der Waals surface area contributed by atoms with Crippen molar-refractivity contribution in [3.63, 3.8) is 0 Å². The molecule has 0 aromatic heterocycles. The van der Waals surface area contributed by atoms with Crippen LogP contribution in [0.4, 0.5) is 0 Å². The Hall–Kier alpha value is -4.53. The van der Waals surface area contributed by atoms with Crippen molar-refractivity contribution >= 4 is 40.4 Å². The lowest BCUT2D eigenvalue weighted by Gasteiger charge is -2.70. The summed E-state index contributed by atoms with van der Waals surface area (Å²) in [7, 11) is -5.45. The zero-order chi connectivity index (χ0) is 53.7. The zero-order valence-corrected chi connectivity index (χ0v) is 47.0. The molecule has 3 fully saturated rings. The molecular weight excluding hydrogens is 963 g/mol. The first-order valence-electron chi connectivity index (χ1n) is 26.0. The van der Waals surface area contributed by atoms with Gasteiger partial charge >= 0.3 is 17.9 Å². The minimum atomic E-state index is -2.89.